The predicted molar refractivity (Wildman–Crippen MR) is 106 cm³/mol. The fourth-order valence-corrected chi connectivity index (χ4v) is 3.85. The second-order valence-corrected chi connectivity index (χ2v) is 7.54. The maximum absolute atomic E-state index is 12.7. The van der Waals surface area contributed by atoms with Crippen molar-refractivity contribution in [1.82, 2.24) is 14.9 Å². The number of hydrogen-bond donors (Lipinski definition) is 1. The number of esters is 1. The molecule has 1 aromatic carbocycles. The van der Waals surface area contributed by atoms with Gasteiger partial charge in [-0.05, 0) is 52.2 Å². The van der Waals surface area contributed by atoms with Crippen LogP contribution in [-0.2, 0) is 20.7 Å². The molecule has 2 aromatic rings. The number of nitrogens with one attached hydrogen (secondary N) is 1. The first-order valence-corrected chi connectivity index (χ1v) is 9.86. The normalized spacial score (nSPS) is 20.8. The molecule has 0 spiro atoms. The van der Waals surface area contributed by atoms with Crippen LogP contribution in [0, 0.1) is 0 Å². The molecule has 1 fully saturated rings. The van der Waals surface area contributed by atoms with Gasteiger partial charge >= 0.3 is 5.97 Å². The maximum atomic E-state index is 12.7. The number of carbonyl (C=O) groups is 2. The lowest BCUT2D eigenvalue weighted by molar-refractivity contribution is -0.162. The van der Waals surface area contributed by atoms with Gasteiger partial charge in [0, 0.05) is 18.5 Å². The van der Waals surface area contributed by atoms with Crippen molar-refractivity contribution in [3.8, 4) is 0 Å². The van der Waals surface area contributed by atoms with E-state index < -0.39 is 12.1 Å². The van der Waals surface area contributed by atoms with Crippen LogP contribution < -0.4 is 5.56 Å². The van der Waals surface area contributed by atoms with Gasteiger partial charge in [-0.1, -0.05) is 12.1 Å². The van der Waals surface area contributed by atoms with Gasteiger partial charge in [0.05, 0.1) is 17.3 Å². The van der Waals surface area contributed by atoms with E-state index in [1.807, 2.05) is 24.8 Å². The number of para-hydroxylation sites is 1. The number of benzene rings is 1. The number of hydrogen-bond acceptors (Lipinski definition) is 5. The molecule has 1 aromatic heterocycles. The molecule has 0 saturated carbocycles. The zero-order valence-electron chi connectivity index (χ0n) is 16.6. The van der Waals surface area contributed by atoms with Gasteiger partial charge in [0.15, 0.2) is 6.10 Å². The van der Waals surface area contributed by atoms with Crippen LogP contribution in [0.25, 0.3) is 10.9 Å². The molecule has 0 bridgehead atoms. The summed E-state index contributed by atoms with van der Waals surface area (Å²) in [6.45, 7) is 5.68. The molecule has 2 heterocycles. The Hall–Kier alpha value is -2.70. The van der Waals surface area contributed by atoms with Crippen LogP contribution in [-0.4, -0.2) is 44.9 Å². The molecular weight excluding hydrogens is 358 g/mol. The van der Waals surface area contributed by atoms with Gasteiger partial charge in [-0.25, -0.2) is 4.98 Å². The summed E-state index contributed by atoms with van der Waals surface area (Å²) in [5.41, 5.74) is 0.358. The van der Waals surface area contributed by atoms with Gasteiger partial charge in [-0.2, -0.15) is 0 Å². The van der Waals surface area contributed by atoms with Crippen molar-refractivity contribution in [3.05, 3.63) is 40.4 Å². The quantitative estimate of drug-likeness (QED) is 0.799. The third kappa shape index (κ3) is 4.40. The fraction of sp³-hybridized carbons (Fsp3) is 0.524. The molecule has 28 heavy (non-hydrogen) atoms. The molecular formula is C21H27N3O4. The van der Waals surface area contributed by atoms with Crippen LogP contribution in [0.5, 0.6) is 0 Å². The summed E-state index contributed by atoms with van der Waals surface area (Å²) >= 11 is 0. The zero-order chi connectivity index (χ0) is 20.3. The lowest BCUT2D eigenvalue weighted by Crippen LogP contribution is -2.51. The monoisotopic (exact) mass is 385 g/mol. The highest BCUT2D eigenvalue weighted by atomic mass is 16.5. The third-order valence-electron chi connectivity index (χ3n) is 5.33. The molecule has 1 N–H and O–H groups in total. The number of likely N-dealkylation sites (tertiary alicyclic amines) is 1. The lowest BCUT2D eigenvalue weighted by atomic mass is 9.97. The second kappa shape index (κ2) is 8.54. The minimum atomic E-state index is -0.820. The largest absolute Gasteiger partial charge is 0.453 e. The fourth-order valence-electron chi connectivity index (χ4n) is 3.85. The predicted octanol–water partition coefficient (Wildman–Crippen LogP) is 2.58. The van der Waals surface area contributed by atoms with Gasteiger partial charge in [0.25, 0.3) is 11.5 Å². The number of rotatable bonds is 5. The number of nitrogens with zero attached hydrogens (tertiary/aromatic N) is 2. The standard InChI is InChI=1S/C21H27N3O4/c1-13-7-6-8-14(2)24(13)21(27)15(3)28-19(25)12-11-18-22-17-10-5-4-9-16(17)20(26)23-18/h4-5,9-10,13-15H,6-8,11-12H2,1-3H3,(H,22,23,26)/t13-,14-,15-/m1/s1. The molecule has 7 heteroatoms. The first-order valence-electron chi connectivity index (χ1n) is 9.86. The molecule has 0 unspecified atom stereocenters. The Kier molecular flexibility index (Phi) is 6.11. The molecule has 3 atom stereocenters. The van der Waals surface area contributed by atoms with Crippen molar-refractivity contribution < 1.29 is 14.3 Å². The maximum Gasteiger partial charge on any atom is 0.307 e. The summed E-state index contributed by atoms with van der Waals surface area (Å²) < 4.78 is 5.35. The first kappa shape index (κ1) is 20.0. The molecule has 1 aliphatic heterocycles. The summed E-state index contributed by atoms with van der Waals surface area (Å²) in [6.07, 6.45) is 2.52. The summed E-state index contributed by atoms with van der Waals surface area (Å²) in [7, 11) is 0. The highest BCUT2D eigenvalue weighted by Crippen LogP contribution is 2.23. The highest BCUT2D eigenvalue weighted by Gasteiger charge is 2.33. The summed E-state index contributed by atoms with van der Waals surface area (Å²) in [6, 6.07) is 7.36. The molecule has 1 aliphatic rings. The van der Waals surface area contributed by atoms with Crippen LogP contribution in [0.3, 0.4) is 0 Å². The molecule has 7 nitrogen and oxygen atoms in total. The van der Waals surface area contributed by atoms with Crippen molar-refractivity contribution in [2.75, 3.05) is 0 Å². The number of H-pyrrole nitrogens is 1. The Morgan fingerprint density at radius 2 is 1.93 bits per heavy atom. The van der Waals surface area contributed by atoms with Crippen molar-refractivity contribution in [2.24, 2.45) is 0 Å². The Morgan fingerprint density at radius 1 is 1.25 bits per heavy atom. The van der Waals surface area contributed by atoms with Crippen molar-refractivity contribution in [2.45, 2.75) is 71.1 Å². The molecule has 1 saturated heterocycles. The molecule has 0 radical (unpaired) electrons. The van der Waals surface area contributed by atoms with E-state index in [0.29, 0.717) is 16.7 Å². The summed E-state index contributed by atoms with van der Waals surface area (Å²) in [4.78, 5) is 45.9. The van der Waals surface area contributed by atoms with E-state index in [4.69, 9.17) is 4.74 Å². The average Bonchev–Trinajstić information content (AvgIpc) is 2.66. The van der Waals surface area contributed by atoms with E-state index >= 15 is 0 Å². The van der Waals surface area contributed by atoms with Gasteiger partial charge in [-0.3, -0.25) is 14.4 Å². The first-order chi connectivity index (χ1) is 13.4. The number of amides is 1. The van der Waals surface area contributed by atoms with Gasteiger partial charge in [0.1, 0.15) is 5.82 Å². The topological polar surface area (TPSA) is 92.4 Å². The number of carbonyl (C=O) groups excluding carboxylic acids is 2. The lowest BCUT2D eigenvalue weighted by Gasteiger charge is -2.40. The Bertz CT molecular complexity index is 913. The van der Waals surface area contributed by atoms with Crippen LogP contribution in [0.15, 0.2) is 29.1 Å². The number of piperidine rings is 1. The number of fused-ring (bicyclic) bond motifs is 1. The zero-order valence-corrected chi connectivity index (χ0v) is 16.6. The third-order valence-corrected chi connectivity index (χ3v) is 5.33. The van der Waals surface area contributed by atoms with Crippen LogP contribution in [0.2, 0.25) is 0 Å². The summed E-state index contributed by atoms with van der Waals surface area (Å²) in [5, 5.41) is 0.512. The number of aromatic amines is 1. The minimum Gasteiger partial charge on any atom is -0.453 e. The van der Waals surface area contributed by atoms with E-state index in [1.54, 1.807) is 25.1 Å². The Labute approximate surface area is 164 Å². The van der Waals surface area contributed by atoms with E-state index in [2.05, 4.69) is 9.97 Å². The Balaban J connectivity index is 1.58. The van der Waals surface area contributed by atoms with Gasteiger partial charge < -0.3 is 14.6 Å². The second-order valence-electron chi connectivity index (χ2n) is 7.54. The van der Waals surface area contributed by atoms with Gasteiger partial charge in [-0.15, -0.1) is 0 Å². The minimum absolute atomic E-state index is 0.0456. The van der Waals surface area contributed by atoms with Crippen molar-refractivity contribution >= 4 is 22.8 Å². The smallest absolute Gasteiger partial charge is 0.307 e. The van der Waals surface area contributed by atoms with Gasteiger partial charge in [0.2, 0.25) is 0 Å². The van der Waals surface area contributed by atoms with Crippen molar-refractivity contribution in [3.63, 3.8) is 0 Å². The van der Waals surface area contributed by atoms with Crippen molar-refractivity contribution in [1.29, 1.82) is 0 Å². The van der Waals surface area contributed by atoms with E-state index in [1.165, 1.54) is 0 Å². The van der Waals surface area contributed by atoms with E-state index in [-0.39, 0.29) is 36.4 Å². The number of aromatic nitrogens is 2. The van der Waals surface area contributed by atoms with Crippen LogP contribution in [0.4, 0.5) is 0 Å². The number of ether oxygens (including phenoxy) is 1. The SMILES string of the molecule is C[C@@H]1CCC[C@@H](C)N1C(=O)[C@@H](C)OC(=O)CCc1nc2ccccc2c(=O)[nH]1. The Morgan fingerprint density at radius 3 is 2.64 bits per heavy atom. The van der Waals surface area contributed by atoms with Crippen LogP contribution >= 0.6 is 0 Å². The molecule has 1 amide bonds. The van der Waals surface area contributed by atoms with E-state index in [9.17, 15) is 14.4 Å². The molecule has 3 rings (SSSR count). The molecule has 0 aliphatic carbocycles. The summed E-state index contributed by atoms with van der Waals surface area (Å²) in [5.74, 6) is -0.197. The highest BCUT2D eigenvalue weighted by molar-refractivity contribution is 5.84. The molecule has 150 valence electrons. The van der Waals surface area contributed by atoms with Crippen LogP contribution in [0.1, 0.15) is 52.3 Å². The average molecular weight is 385 g/mol. The number of aryl methyl sites for hydroxylation is 1. The van der Waals surface area contributed by atoms with E-state index in [0.717, 1.165) is 19.3 Å².